The minimum atomic E-state index is 0.409. The van der Waals surface area contributed by atoms with E-state index in [1.807, 2.05) is 34.9 Å². The van der Waals surface area contributed by atoms with Crippen molar-refractivity contribution in [3.8, 4) is 11.5 Å². The predicted octanol–water partition coefficient (Wildman–Crippen LogP) is 6.32. The highest BCUT2D eigenvalue weighted by atomic mass is 32.2. The van der Waals surface area contributed by atoms with Gasteiger partial charge < -0.3 is 9.47 Å². The Kier molecular flexibility index (Phi) is 3.87. The summed E-state index contributed by atoms with van der Waals surface area (Å²) in [6, 6.07) is 8.67. The van der Waals surface area contributed by atoms with Gasteiger partial charge in [-0.25, -0.2) is 0 Å². The second-order valence-corrected chi connectivity index (χ2v) is 11.1. The van der Waals surface area contributed by atoms with Crippen molar-refractivity contribution in [2.45, 2.75) is 18.9 Å². The van der Waals surface area contributed by atoms with Crippen LogP contribution in [0.3, 0.4) is 0 Å². The quantitative estimate of drug-likeness (QED) is 0.504. The standard InChI is InChI=1S/C16H12O2S5/c1-2-12(14-8-18-10-4-6-20-16(10)23-14)21-11(1)13-7-17-9-3-5-19-15(9)22-13/h1-6,13-14H,7-8H2. The number of fused-ring (bicyclic) bond motifs is 2. The molecule has 0 saturated carbocycles. The van der Waals surface area contributed by atoms with Gasteiger partial charge in [0.05, 0.1) is 10.5 Å². The van der Waals surface area contributed by atoms with E-state index in [0.717, 1.165) is 24.7 Å². The van der Waals surface area contributed by atoms with Crippen molar-refractivity contribution in [1.29, 1.82) is 0 Å². The number of thioether (sulfide) groups is 2. The third-order valence-corrected chi connectivity index (χ3v) is 10.1. The summed E-state index contributed by atoms with van der Waals surface area (Å²) in [5.74, 6) is 2.10. The molecule has 7 heteroatoms. The van der Waals surface area contributed by atoms with E-state index in [4.69, 9.17) is 9.47 Å². The summed E-state index contributed by atoms with van der Waals surface area (Å²) in [4.78, 5) is 2.81. The average molecular weight is 397 g/mol. The minimum absolute atomic E-state index is 0.409. The smallest absolute Gasteiger partial charge is 0.143 e. The Hall–Kier alpha value is -0.600. The number of hydrogen-bond acceptors (Lipinski definition) is 7. The maximum Gasteiger partial charge on any atom is 0.143 e. The second kappa shape index (κ2) is 6.04. The van der Waals surface area contributed by atoms with Crippen molar-refractivity contribution in [3.63, 3.8) is 0 Å². The first-order chi connectivity index (χ1) is 11.4. The van der Waals surface area contributed by atoms with E-state index in [2.05, 4.69) is 35.0 Å². The van der Waals surface area contributed by atoms with Crippen molar-refractivity contribution in [2.24, 2.45) is 0 Å². The molecule has 2 atom stereocenters. The summed E-state index contributed by atoms with van der Waals surface area (Å²) in [6.45, 7) is 1.52. The molecule has 2 unspecified atom stereocenters. The topological polar surface area (TPSA) is 18.5 Å². The monoisotopic (exact) mass is 396 g/mol. The summed E-state index contributed by atoms with van der Waals surface area (Å²) in [5.41, 5.74) is 0. The molecule has 0 saturated heterocycles. The van der Waals surface area contributed by atoms with E-state index in [1.165, 1.54) is 18.2 Å². The fourth-order valence-electron chi connectivity index (χ4n) is 2.61. The van der Waals surface area contributed by atoms with Crippen molar-refractivity contribution in [1.82, 2.24) is 0 Å². The highest BCUT2D eigenvalue weighted by Crippen LogP contribution is 2.52. The van der Waals surface area contributed by atoms with Crippen molar-refractivity contribution >= 4 is 57.5 Å². The maximum atomic E-state index is 5.89. The Morgan fingerprint density at radius 2 is 1.26 bits per heavy atom. The van der Waals surface area contributed by atoms with E-state index in [-0.39, 0.29) is 0 Å². The molecule has 0 spiro atoms. The molecule has 0 bridgehead atoms. The van der Waals surface area contributed by atoms with Gasteiger partial charge in [0.2, 0.25) is 0 Å². The molecule has 3 aromatic rings. The van der Waals surface area contributed by atoms with E-state index in [9.17, 15) is 0 Å². The highest BCUT2D eigenvalue weighted by Gasteiger charge is 2.28. The SMILES string of the molecule is c1cc2c(s1)SC(c1ccc(C3COc4ccsc4S3)s1)CO2. The zero-order valence-corrected chi connectivity index (χ0v) is 16.0. The van der Waals surface area contributed by atoms with Crippen LogP contribution in [0.1, 0.15) is 20.3 Å². The first kappa shape index (κ1) is 14.7. The molecule has 0 fully saturated rings. The van der Waals surface area contributed by atoms with Crippen molar-refractivity contribution in [2.75, 3.05) is 13.2 Å². The summed E-state index contributed by atoms with van der Waals surface area (Å²) >= 11 is 9.32. The molecule has 5 rings (SSSR count). The lowest BCUT2D eigenvalue weighted by Crippen LogP contribution is -2.10. The van der Waals surface area contributed by atoms with Gasteiger partial charge in [-0.05, 0) is 35.0 Å². The number of hydrogen-bond donors (Lipinski definition) is 0. The summed E-state index contributed by atoms with van der Waals surface area (Å²) in [7, 11) is 0. The fourth-order valence-corrected chi connectivity index (χ4v) is 8.38. The Labute approximate surface area is 154 Å². The van der Waals surface area contributed by atoms with Gasteiger partial charge in [0.1, 0.15) is 33.1 Å². The van der Waals surface area contributed by atoms with E-state index >= 15 is 0 Å². The van der Waals surface area contributed by atoms with Crippen molar-refractivity contribution in [3.05, 3.63) is 44.8 Å². The molecule has 5 heterocycles. The van der Waals surface area contributed by atoms with Gasteiger partial charge in [0.25, 0.3) is 0 Å². The normalized spacial score (nSPS) is 22.8. The first-order valence-corrected chi connectivity index (χ1v) is 11.5. The van der Waals surface area contributed by atoms with E-state index in [0.29, 0.717) is 10.5 Å². The van der Waals surface area contributed by atoms with Crippen LogP contribution in [-0.4, -0.2) is 13.2 Å². The lowest BCUT2D eigenvalue weighted by molar-refractivity contribution is 0.308. The number of ether oxygens (including phenoxy) is 2. The first-order valence-electron chi connectivity index (χ1n) is 7.20. The number of thiophene rings is 3. The lowest BCUT2D eigenvalue weighted by atomic mass is 10.3. The molecule has 23 heavy (non-hydrogen) atoms. The Morgan fingerprint density at radius 3 is 1.78 bits per heavy atom. The zero-order valence-electron chi connectivity index (χ0n) is 11.9. The predicted molar refractivity (Wildman–Crippen MR) is 101 cm³/mol. The second-order valence-electron chi connectivity index (χ2n) is 5.22. The van der Waals surface area contributed by atoms with Gasteiger partial charge in [0.15, 0.2) is 0 Å². The van der Waals surface area contributed by atoms with Crippen LogP contribution in [0.25, 0.3) is 0 Å². The van der Waals surface area contributed by atoms with Crippen LogP contribution in [0.4, 0.5) is 0 Å². The van der Waals surface area contributed by atoms with Crippen LogP contribution in [0.5, 0.6) is 11.5 Å². The van der Waals surface area contributed by atoms with Crippen LogP contribution in [0, 0.1) is 0 Å². The summed E-state index contributed by atoms with van der Waals surface area (Å²) < 4.78 is 14.4. The molecule has 0 aliphatic carbocycles. The minimum Gasteiger partial charge on any atom is -0.490 e. The molecular weight excluding hydrogens is 385 g/mol. The Balaban J connectivity index is 1.35. The Morgan fingerprint density at radius 1 is 0.739 bits per heavy atom. The van der Waals surface area contributed by atoms with Gasteiger partial charge in [-0.15, -0.1) is 34.0 Å². The van der Waals surface area contributed by atoms with Crippen LogP contribution in [0.15, 0.2) is 43.4 Å². The summed E-state index contributed by atoms with van der Waals surface area (Å²) in [6.07, 6.45) is 0. The molecule has 118 valence electrons. The largest absolute Gasteiger partial charge is 0.490 e. The zero-order chi connectivity index (χ0) is 15.2. The van der Waals surface area contributed by atoms with Gasteiger partial charge in [-0.2, -0.15) is 0 Å². The van der Waals surface area contributed by atoms with Crippen LogP contribution in [-0.2, 0) is 0 Å². The Bertz CT molecular complexity index is 766. The van der Waals surface area contributed by atoms with Gasteiger partial charge in [-0.1, -0.05) is 23.5 Å². The lowest BCUT2D eigenvalue weighted by Gasteiger charge is -2.22. The molecule has 3 aromatic heterocycles. The van der Waals surface area contributed by atoms with Crippen LogP contribution < -0.4 is 9.47 Å². The molecule has 0 aromatic carbocycles. The van der Waals surface area contributed by atoms with Crippen LogP contribution in [0.2, 0.25) is 0 Å². The van der Waals surface area contributed by atoms with Gasteiger partial charge >= 0.3 is 0 Å². The van der Waals surface area contributed by atoms with Crippen molar-refractivity contribution < 1.29 is 9.47 Å². The molecule has 2 aliphatic rings. The molecule has 0 N–H and O–H groups in total. The molecule has 0 radical (unpaired) electrons. The maximum absolute atomic E-state index is 5.89. The van der Waals surface area contributed by atoms with Gasteiger partial charge in [0, 0.05) is 9.75 Å². The van der Waals surface area contributed by atoms with E-state index in [1.54, 1.807) is 22.7 Å². The molecule has 0 amide bonds. The van der Waals surface area contributed by atoms with Crippen LogP contribution >= 0.6 is 57.5 Å². The highest BCUT2D eigenvalue weighted by molar-refractivity contribution is 8.02. The molecule has 2 nitrogen and oxygen atoms in total. The fraction of sp³-hybridized carbons (Fsp3) is 0.250. The third-order valence-electron chi connectivity index (χ3n) is 3.75. The molecule has 2 aliphatic heterocycles. The average Bonchev–Trinajstić information content (AvgIpc) is 3.32. The third kappa shape index (κ3) is 2.72. The van der Waals surface area contributed by atoms with Gasteiger partial charge in [-0.3, -0.25) is 0 Å². The number of rotatable bonds is 2. The van der Waals surface area contributed by atoms with E-state index < -0.39 is 0 Å². The summed E-state index contributed by atoms with van der Waals surface area (Å²) in [5, 5.41) is 5.03. The molecular formula is C16H12O2S5.